The molecule has 6 heteroatoms. The van der Waals surface area contributed by atoms with E-state index in [1.54, 1.807) is 48.5 Å². The predicted octanol–water partition coefficient (Wildman–Crippen LogP) is 7.25. The number of esters is 1. The topological polar surface area (TPSA) is 56.3 Å². The van der Waals surface area contributed by atoms with Gasteiger partial charge in [0.05, 0.1) is 27.4 Å². The van der Waals surface area contributed by atoms with E-state index in [0.29, 0.717) is 43.3 Å². The van der Waals surface area contributed by atoms with Crippen LogP contribution in [0.25, 0.3) is 22.2 Å². The van der Waals surface area contributed by atoms with Crippen molar-refractivity contribution in [1.29, 1.82) is 0 Å². The van der Waals surface area contributed by atoms with E-state index in [0.717, 1.165) is 11.1 Å². The molecule has 1 heterocycles. The second-order valence-corrected chi connectivity index (χ2v) is 8.44. The van der Waals surface area contributed by atoms with Gasteiger partial charge in [-0.2, -0.15) is 0 Å². The van der Waals surface area contributed by atoms with Crippen molar-refractivity contribution < 1.29 is 14.3 Å². The summed E-state index contributed by atoms with van der Waals surface area (Å²) in [4.78, 5) is 30.1. The molecule has 0 unspecified atom stereocenters. The summed E-state index contributed by atoms with van der Waals surface area (Å²) in [5.74, 6) is -0.554. The Kier molecular flexibility index (Phi) is 6.00. The number of ketones is 1. The number of halogens is 2. The van der Waals surface area contributed by atoms with Crippen LogP contribution in [0.5, 0.6) is 5.75 Å². The molecule has 0 amide bonds. The van der Waals surface area contributed by atoms with Crippen LogP contribution in [-0.4, -0.2) is 16.7 Å². The summed E-state index contributed by atoms with van der Waals surface area (Å²) in [7, 11) is 0. The molecule has 0 N–H and O–H groups in total. The molecule has 0 fully saturated rings. The van der Waals surface area contributed by atoms with Crippen LogP contribution in [0, 0.1) is 13.8 Å². The lowest BCUT2D eigenvalue weighted by atomic mass is 9.99. The maximum absolute atomic E-state index is 13.3. The first-order valence-corrected chi connectivity index (χ1v) is 10.7. The highest BCUT2D eigenvalue weighted by atomic mass is 35.5. The van der Waals surface area contributed by atoms with E-state index in [1.165, 1.54) is 6.92 Å². The van der Waals surface area contributed by atoms with Gasteiger partial charge in [0, 0.05) is 16.0 Å². The average molecular weight is 464 g/mol. The second-order valence-electron chi connectivity index (χ2n) is 7.60. The third-order valence-corrected chi connectivity index (χ3v) is 5.69. The van der Waals surface area contributed by atoms with E-state index in [2.05, 4.69) is 0 Å². The van der Waals surface area contributed by atoms with Gasteiger partial charge in [0.25, 0.3) is 0 Å². The third-order valence-electron chi connectivity index (χ3n) is 5.14. The van der Waals surface area contributed by atoms with Crippen LogP contribution in [0.15, 0.2) is 60.7 Å². The number of carbonyl (C=O) groups excluding carboxylic acids is 2. The van der Waals surface area contributed by atoms with Crippen molar-refractivity contribution in [1.82, 2.24) is 4.98 Å². The molecular weight excluding hydrogens is 445 g/mol. The van der Waals surface area contributed by atoms with Gasteiger partial charge in [0.1, 0.15) is 5.75 Å². The summed E-state index contributed by atoms with van der Waals surface area (Å²) < 4.78 is 5.68. The highest BCUT2D eigenvalue weighted by molar-refractivity contribution is 6.36. The fourth-order valence-electron chi connectivity index (χ4n) is 3.69. The van der Waals surface area contributed by atoms with Gasteiger partial charge in [-0.3, -0.25) is 4.79 Å². The number of benzene rings is 3. The smallest absolute Gasteiger partial charge is 0.344 e. The van der Waals surface area contributed by atoms with E-state index in [4.69, 9.17) is 32.9 Å². The Morgan fingerprint density at radius 3 is 2.38 bits per heavy atom. The number of ether oxygens (including phenoxy) is 1. The zero-order chi connectivity index (χ0) is 23.0. The standard InChI is InChI=1S/C26H19Cl2NO3/c1-14-10-15(2)25-20(11-14)21(13-23(29-25)19-9-8-17(27)12-22(19)28)26(31)32-24-7-5-4-6-18(24)16(3)30/h4-13H,1-3H3. The summed E-state index contributed by atoms with van der Waals surface area (Å²) in [6, 6.07) is 17.4. The summed E-state index contributed by atoms with van der Waals surface area (Å²) in [6.07, 6.45) is 0. The Balaban J connectivity index is 1.91. The summed E-state index contributed by atoms with van der Waals surface area (Å²) in [6.45, 7) is 5.33. The van der Waals surface area contributed by atoms with E-state index < -0.39 is 5.97 Å². The first kappa shape index (κ1) is 22.0. The van der Waals surface area contributed by atoms with Crippen molar-refractivity contribution in [2.45, 2.75) is 20.8 Å². The van der Waals surface area contributed by atoms with Crippen molar-refractivity contribution >= 4 is 45.9 Å². The molecule has 0 saturated carbocycles. The lowest BCUT2D eigenvalue weighted by Crippen LogP contribution is -2.12. The number of Topliss-reactive ketones (excluding diaryl/α,β-unsaturated/α-hetero) is 1. The second kappa shape index (κ2) is 8.73. The number of carbonyl (C=O) groups is 2. The highest BCUT2D eigenvalue weighted by Gasteiger charge is 2.20. The van der Waals surface area contributed by atoms with Crippen molar-refractivity contribution in [2.75, 3.05) is 0 Å². The first-order valence-electron chi connectivity index (χ1n) is 9.94. The number of hydrogen-bond acceptors (Lipinski definition) is 4. The number of pyridine rings is 1. The molecule has 0 spiro atoms. The molecule has 1 aromatic heterocycles. The predicted molar refractivity (Wildman–Crippen MR) is 128 cm³/mol. The Morgan fingerprint density at radius 1 is 0.906 bits per heavy atom. The molecule has 160 valence electrons. The van der Waals surface area contributed by atoms with Crippen molar-refractivity contribution in [3.63, 3.8) is 0 Å². The van der Waals surface area contributed by atoms with Crippen LogP contribution in [0.3, 0.4) is 0 Å². The number of aromatic nitrogens is 1. The maximum Gasteiger partial charge on any atom is 0.344 e. The van der Waals surface area contributed by atoms with Gasteiger partial charge < -0.3 is 4.74 Å². The van der Waals surface area contributed by atoms with Crippen LogP contribution in [0.2, 0.25) is 10.0 Å². The van der Waals surface area contributed by atoms with E-state index >= 15 is 0 Å². The largest absolute Gasteiger partial charge is 0.422 e. The van der Waals surface area contributed by atoms with Gasteiger partial charge in [0.2, 0.25) is 0 Å². The molecule has 0 aliphatic heterocycles. The number of rotatable bonds is 4. The summed E-state index contributed by atoms with van der Waals surface area (Å²) in [5, 5.41) is 1.60. The monoisotopic (exact) mass is 463 g/mol. The normalized spacial score (nSPS) is 10.9. The Hall–Kier alpha value is -3.21. The molecule has 0 saturated heterocycles. The van der Waals surface area contributed by atoms with Gasteiger partial charge in [-0.05, 0) is 68.8 Å². The minimum atomic E-state index is -0.581. The lowest BCUT2D eigenvalue weighted by Gasteiger charge is -2.14. The van der Waals surface area contributed by atoms with Crippen LogP contribution in [0.4, 0.5) is 0 Å². The summed E-state index contributed by atoms with van der Waals surface area (Å²) in [5.41, 5.74) is 4.44. The minimum Gasteiger partial charge on any atom is -0.422 e. The molecule has 4 nitrogen and oxygen atoms in total. The maximum atomic E-state index is 13.3. The van der Waals surface area contributed by atoms with Gasteiger partial charge in [0.15, 0.2) is 5.78 Å². The van der Waals surface area contributed by atoms with Crippen molar-refractivity contribution in [3.8, 4) is 17.0 Å². The Morgan fingerprint density at radius 2 is 1.66 bits per heavy atom. The lowest BCUT2D eigenvalue weighted by molar-refractivity contribution is 0.0735. The highest BCUT2D eigenvalue weighted by Crippen LogP contribution is 2.33. The number of aryl methyl sites for hydroxylation is 2. The number of fused-ring (bicyclic) bond motifs is 1. The summed E-state index contributed by atoms with van der Waals surface area (Å²) >= 11 is 12.5. The fraction of sp³-hybridized carbons (Fsp3) is 0.115. The van der Waals surface area contributed by atoms with Crippen molar-refractivity contribution in [2.24, 2.45) is 0 Å². The molecule has 0 atom stereocenters. The van der Waals surface area contributed by atoms with E-state index in [1.807, 2.05) is 26.0 Å². The quantitative estimate of drug-likeness (QED) is 0.181. The van der Waals surface area contributed by atoms with Gasteiger partial charge >= 0.3 is 5.97 Å². The van der Waals surface area contributed by atoms with Crippen molar-refractivity contribution in [3.05, 3.63) is 93.0 Å². The molecular formula is C26H19Cl2NO3. The zero-order valence-electron chi connectivity index (χ0n) is 17.7. The van der Waals surface area contributed by atoms with Crippen LogP contribution in [0.1, 0.15) is 38.8 Å². The van der Waals surface area contributed by atoms with E-state index in [-0.39, 0.29) is 11.5 Å². The minimum absolute atomic E-state index is 0.187. The molecule has 0 radical (unpaired) electrons. The molecule has 0 aliphatic carbocycles. The SMILES string of the molecule is CC(=O)c1ccccc1OC(=O)c1cc(-c2ccc(Cl)cc2Cl)nc2c(C)cc(C)cc12. The number of hydrogen-bond donors (Lipinski definition) is 0. The third kappa shape index (κ3) is 4.24. The Bertz CT molecular complexity index is 1400. The number of para-hydroxylation sites is 1. The molecule has 3 aromatic carbocycles. The van der Waals surface area contributed by atoms with Crippen LogP contribution in [-0.2, 0) is 0 Å². The van der Waals surface area contributed by atoms with Gasteiger partial charge in [-0.15, -0.1) is 0 Å². The number of nitrogens with zero attached hydrogens (tertiary/aromatic N) is 1. The first-order chi connectivity index (χ1) is 15.2. The molecule has 4 rings (SSSR count). The molecule has 0 bridgehead atoms. The fourth-order valence-corrected chi connectivity index (χ4v) is 4.19. The van der Waals surface area contributed by atoms with E-state index in [9.17, 15) is 9.59 Å². The van der Waals surface area contributed by atoms with Crippen LogP contribution < -0.4 is 4.74 Å². The molecule has 32 heavy (non-hydrogen) atoms. The van der Waals surface area contributed by atoms with Crippen LogP contribution >= 0.6 is 23.2 Å². The molecule has 4 aromatic rings. The average Bonchev–Trinajstić information content (AvgIpc) is 2.73. The Labute approximate surface area is 195 Å². The molecule has 0 aliphatic rings. The van der Waals surface area contributed by atoms with Gasteiger partial charge in [-0.1, -0.05) is 47.0 Å². The zero-order valence-corrected chi connectivity index (χ0v) is 19.2. The van der Waals surface area contributed by atoms with Gasteiger partial charge in [-0.25, -0.2) is 9.78 Å².